The van der Waals surface area contributed by atoms with E-state index in [1.54, 1.807) is 12.1 Å². The van der Waals surface area contributed by atoms with E-state index in [4.69, 9.17) is 32.7 Å². The molecule has 0 spiro atoms. The molecule has 0 N–H and O–H groups in total. The predicted molar refractivity (Wildman–Crippen MR) is 51.1 cm³/mol. The van der Waals surface area contributed by atoms with Crippen LogP contribution in [-0.2, 0) is 9.47 Å². The third kappa shape index (κ3) is 1.97. The Balaban J connectivity index is 2.25. The van der Waals surface area contributed by atoms with Crippen LogP contribution in [0.1, 0.15) is 11.9 Å². The van der Waals surface area contributed by atoms with Gasteiger partial charge in [-0.05, 0) is 12.1 Å². The minimum absolute atomic E-state index is 0.283. The summed E-state index contributed by atoms with van der Waals surface area (Å²) in [5, 5.41) is 1.07. The van der Waals surface area contributed by atoms with Crippen molar-refractivity contribution in [2.45, 2.75) is 6.29 Å². The largest absolute Gasteiger partial charge is 0.346 e. The average Bonchev–Trinajstić information content (AvgIpc) is 2.62. The summed E-state index contributed by atoms with van der Waals surface area (Å²) in [4.78, 5) is 0. The van der Waals surface area contributed by atoms with Gasteiger partial charge in [-0.3, -0.25) is 0 Å². The Kier molecular flexibility index (Phi) is 2.74. The molecule has 0 atom stereocenters. The highest BCUT2D eigenvalue weighted by Gasteiger charge is 2.18. The molecule has 70 valence electrons. The Labute approximate surface area is 86.4 Å². The zero-order valence-electron chi connectivity index (χ0n) is 6.80. The molecule has 0 amide bonds. The van der Waals surface area contributed by atoms with Gasteiger partial charge in [0.05, 0.1) is 23.3 Å². The predicted octanol–water partition coefficient (Wildman–Crippen LogP) is 3.04. The minimum atomic E-state index is -0.283. The smallest absolute Gasteiger partial charge is 0.184 e. The second-order valence-electron chi connectivity index (χ2n) is 2.75. The van der Waals surface area contributed by atoms with E-state index in [-0.39, 0.29) is 6.29 Å². The molecule has 1 saturated heterocycles. The van der Waals surface area contributed by atoms with Crippen molar-refractivity contribution in [2.24, 2.45) is 0 Å². The molecule has 1 aliphatic heterocycles. The zero-order chi connectivity index (χ0) is 9.26. The van der Waals surface area contributed by atoms with Gasteiger partial charge in [0, 0.05) is 5.56 Å². The standard InChI is InChI=1S/C9H8Cl2O2/c10-7-2-1-6(5-8(7)11)9-12-3-4-13-9/h1-2,5,9H,3-4H2. The summed E-state index contributed by atoms with van der Waals surface area (Å²) < 4.78 is 10.6. The van der Waals surface area contributed by atoms with Gasteiger partial charge >= 0.3 is 0 Å². The van der Waals surface area contributed by atoms with Gasteiger partial charge in [0.25, 0.3) is 0 Å². The molecule has 1 heterocycles. The SMILES string of the molecule is Clc1ccc(C2OCCO2)cc1Cl. The summed E-state index contributed by atoms with van der Waals surface area (Å²) in [6, 6.07) is 5.36. The van der Waals surface area contributed by atoms with Gasteiger partial charge < -0.3 is 9.47 Å². The van der Waals surface area contributed by atoms with Gasteiger partial charge in [-0.15, -0.1) is 0 Å². The Morgan fingerprint density at radius 1 is 1.08 bits per heavy atom. The maximum atomic E-state index is 5.85. The van der Waals surface area contributed by atoms with Crippen LogP contribution >= 0.6 is 23.2 Å². The fourth-order valence-corrected chi connectivity index (χ4v) is 1.52. The van der Waals surface area contributed by atoms with E-state index in [1.807, 2.05) is 6.07 Å². The van der Waals surface area contributed by atoms with Crippen molar-refractivity contribution >= 4 is 23.2 Å². The molecule has 2 nitrogen and oxygen atoms in total. The van der Waals surface area contributed by atoms with E-state index in [0.29, 0.717) is 23.3 Å². The minimum Gasteiger partial charge on any atom is -0.346 e. The van der Waals surface area contributed by atoms with Crippen LogP contribution in [0.15, 0.2) is 18.2 Å². The lowest BCUT2D eigenvalue weighted by Crippen LogP contribution is -1.97. The van der Waals surface area contributed by atoms with Crippen molar-refractivity contribution < 1.29 is 9.47 Å². The van der Waals surface area contributed by atoms with E-state index >= 15 is 0 Å². The quantitative estimate of drug-likeness (QED) is 0.722. The summed E-state index contributed by atoms with van der Waals surface area (Å²) in [6.45, 7) is 1.26. The van der Waals surface area contributed by atoms with Gasteiger partial charge in [0.1, 0.15) is 0 Å². The van der Waals surface area contributed by atoms with Crippen molar-refractivity contribution in [1.82, 2.24) is 0 Å². The maximum absolute atomic E-state index is 5.85. The fraction of sp³-hybridized carbons (Fsp3) is 0.333. The van der Waals surface area contributed by atoms with Crippen LogP contribution in [0.25, 0.3) is 0 Å². The molecule has 0 unspecified atom stereocenters. The first-order chi connectivity index (χ1) is 6.27. The molecule has 1 fully saturated rings. The molecule has 0 bridgehead atoms. The van der Waals surface area contributed by atoms with Gasteiger partial charge in [-0.25, -0.2) is 0 Å². The summed E-state index contributed by atoms with van der Waals surface area (Å²) in [7, 11) is 0. The van der Waals surface area contributed by atoms with Crippen LogP contribution in [0.5, 0.6) is 0 Å². The molecule has 0 aromatic heterocycles. The molecule has 13 heavy (non-hydrogen) atoms. The van der Waals surface area contributed by atoms with E-state index in [2.05, 4.69) is 0 Å². The summed E-state index contributed by atoms with van der Waals surface area (Å²) in [6.07, 6.45) is -0.283. The highest BCUT2D eigenvalue weighted by molar-refractivity contribution is 6.42. The highest BCUT2D eigenvalue weighted by atomic mass is 35.5. The summed E-state index contributed by atoms with van der Waals surface area (Å²) >= 11 is 11.6. The number of benzene rings is 1. The third-order valence-electron chi connectivity index (χ3n) is 1.84. The van der Waals surface area contributed by atoms with Crippen molar-refractivity contribution in [3.05, 3.63) is 33.8 Å². The number of hydrogen-bond donors (Lipinski definition) is 0. The van der Waals surface area contributed by atoms with Crippen molar-refractivity contribution in [2.75, 3.05) is 13.2 Å². The number of hydrogen-bond acceptors (Lipinski definition) is 2. The lowest BCUT2D eigenvalue weighted by atomic mass is 10.2. The molecule has 0 aliphatic carbocycles. The first-order valence-electron chi connectivity index (χ1n) is 3.95. The number of rotatable bonds is 1. The van der Waals surface area contributed by atoms with Crippen molar-refractivity contribution in [3.63, 3.8) is 0 Å². The van der Waals surface area contributed by atoms with E-state index in [9.17, 15) is 0 Å². The zero-order valence-corrected chi connectivity index (χ0v) is 8.31. The maximum Gasteiger partial charge on any atom is 0.184 e. The lowest BCUT2D eigenvalue weighted by molar-refractivity contribution is -0.0441. The molecular weight excluding hydrogens is 211 g/mol. The Hall–Kier alpha value is -0.280. The van der Waals surface area contributed by atoms with E-state index in [0.717, 1.165) is 5.56 Å². The monoisotopic (exact) mass is 218 g/mol. The van der Waals surface area contributed by atoms with Gasteiger partial charge in [0.2, 0.25) is 0 Å². The molecule has 0 saturated carbocycles. The Morgan fingerprint density at radius 3 is 2.38 bits per heavy atom. The summed E-state index contributed by atoms with van der Waals surface area (Å²) in [5.41, 5.74) is 0.909. The van der Waals surface area contributed by atoms with Crippen LogP contribution in [0, 0.1) is 0 Å². The number of ether oxygens (including phenoxy) is 2. The third-order valence-corrected chi connectivity index (χ3v) is 2.58. The van der Waals surface area contributed by atoms with Crippen LogP contribution in [0.2, 0.25) is 10.0 Å². The molecule has 1 aliphatic rings. The topological polar surface area (TPSA) is 18.5 Å². The molecule has 1 aromatic rings. The molecular formula is C9H8Cl2O2. The second-order valence-corrected chi connectivity index (χ2v) is 3.56. The van der Waals surface area contributed by atoms with E-state index < -0.39 is 0 Å². The molecule has 0 radical (unpaired) electrons. The Morgan fingerprint density at radius 2 is 1.77 bits per heavy atom. The Bertz CT molecular complexity index is 308. The van der Waals surface area contributed by atoms with Gasteiger partial charge in [0.15, 0.2) is 6.29 Å². The molecule has 2 rings (SSSR count). The van der Waals surface area contributed by atoms with Crippen LogP contribution in [0.4, 0.5) is 0 Å². The van der Waals surface area contributed by atoms with E-state index in [1.165, 1.54) is 0 Å². The van der Waals surface area contributed by atoms with Gasteiger partial charge in [-0.1, -0.05) is 29.3 Å². The van der Waals surface area contributed by atoms with Crippen LogP contribution in [-0.4, -0.2) is 13.2 Å². The molecule has 4 heteroatoms. The van der Waals surface area contributed by atoms with Crippen LogP contribution in [0.3, 0.4) is 0 Å². The molecule has 1 aromatic carbocycles. The second kappa shape index (κ2) is 3.84. The normalized spacial score (nSPS) is 18.0. The van der Waals surface area contributed by atoms with Crippen molar-refractivity contribution in [1.29, 1.82) is 0 Å². The first kappa shape index (κ1) is 9.28. The number of halogens is 2. The first-order valence-corrected chi connectivity index (χ1v) is 4.71. The van der Waals surface area contributed by atoms with Gasteiger partial charge in [-0.2, -0.15) is 0 Å². The average molecular weight is 219 g/mol. The van der Waals surface area contributed by atoms with Crippen molar-refractivity contribution in [3.8, 4) is 0 Å². The van der Waals surface area contributed by atoms with Crippen LogP contribution < -0.4 is 0 Å². The fourth-order valence-electron chi connectivity index (χ4n) is 1.21. The summed E-state index contributed by atoms with van der Waals surface area (Å²) in [5.74, 6) is 0. The highest BCUT2D eigenvalue weighted by Crippen LogP contribution is 2.29. The lowest BCUT2D eigenvalue weighted by Gasteiger charge is -2.09.